The molecule has 11 heteroatoms. The molecular formula is C13H19N5O6. The first-order valence-corrected chi connectivity index (χ1v) is 7.78. The molecule has 0 aliphatic carbocycles. The van der Waals surface area contributed by atoms with Gasteiger partial charge in [-0.2, -0.15) is 0 Å². The zero-order valence-electron chi connectivity index (χ0n) is 12.8. The number of amides is 5. The number of carbonyl (C=O) groups is 4. The van der Waals surface area contributed by atoms with Gasteiger partial charge in [-0.25, -0.2) is 14.7 Å². The number of hydrazine groups is 1. The summed E-state index contributed by atoms with van der Waals surface area (Å²) in [5.74, 6) is -1.17. The van der Waals surface area contributed by atoms with E-state index in [1.165, 1.54) is 4.90 Å². The van der Waals surface area contributed by atoms with Crippen molar-refractivity contribution in [2.75, 3.05) is 13.1 Å². The smallest absolute Gasteiger partial charge is 0.407 e. The maximum absolute atomic E-state index is 12.2. The second kappa shape index (κ2) is 6.15. The van der Waals surface area contributed by atoms with Gasteiger partial charge in [0.1, 0.15) is 12.1 Å². The molecule has 3 atom stereocenters. The van der Waals surface area contributed by atoms with Crippen molar-refractivity contribution >= 4 is 23.9 Å². The first-order valence-electron chi connectivity index (χ1n) is 7.78. The molecular weight excluding hydrogens is 322 g/mol. The number of nitrogens with one attached hydrogen (secondary N) is 2. The van der Waals surface area contributed by atoms with E-state index in [4.69, 9.17) is 5.11 Å². The largest absolute Gasteiger partial charge is 0.465 e. The highest BCUT2D eigenvalue weighted by Crippen LogP contribution is 2.28. The molecule has 3 heterocycles. The van der Waals surface area contributed by atoms with Gasteiger partial charge >= 0.3 is 12.1 Å². The maximum atomic E-state index is 12.2. The molecule has 3 rings (SSSR count). The molecule has 24 heavy (non-hydrogen) atoms. The summed E-state index contributed by atoms with van der Waals surface area (Å²) in [7, 11) is 0. The van der Waals surface area contributed by atoms with Crippen LogP contribution in [-0.4, -0.2) is 80.3 Å². The number of carbonyl (C=O) groups excluding carboxylic acids is 3. The van der Waals surface area contributed by atoms with Gasteiger partial charge in [-0.1, -0.05) is 0 Å². The number of rotatable bonds is 2. The van der Waals surface area contributed by atoms with Gasteiger partial charge in [0.2, 0.25) is 0 Å². The molecule has 4 N–H and O–H groups in total. The van der Waals surface area contributed by atoms with Gasteiger partial charge in [0.25, 0.3) is 11.8 Å². The van der Waals surface area contributed by atoms with Crippen LogP contribution < -0.4 is 10.9 Å². The van der Waals surface area contributed by atoms with Crippen LogP contribution in [0, 0.1) is 0 Å². The molecule has 3 aliphatic heterocycles. The SMILES string of the molecule is O=C(NNC(=O)[C@@H]1CC[C@@H]2CN1C(=O)N2O)[C@@H]1CCCN1C(=O)O. The molecule has 0 radical (unpaired) electrons. The molecule has 5 amide bonds. The Morgan fingerprint density at radius 1 is 1.04 bits per heavy atom. The van der Waals surface area contributed by atoms with Crippen molar-refractivity contribution < 1.29 is 29.5 Å². The molecule has 11 nitrogen and oxygen atoms in total. The molecule has 3 fully saturated rings. The lowest BCUT2D eigenvalue weighted by Crippen LogP contribution is -2.57. The van der Waals surface area contributed by atoms with Crippen LogP contribution in [0.3, 0.4) is 0 Å². The van der Waals surface area contributed by atoms with E-state index >= 15 is 0 Å². The zero-order valence-corrected chi connectivity index (χ0v) is 12.8. The minimum atomic E-state index is -1.18. The summed E-state index contributed by atoms with van der Waals surface area (Å²) in [5, 5.41) is 19.2. The minimum Gasteiger partial charge on any atom is -0.465 e. The fourth-order valence-electron chi connectivity index (χ4n) is 3.48. The van der Waals surface area contributed by atoms with Gasteiger partial charge in [0, 0.05) is 13.1 Å². The monoisotopic (exact) mass is 341 g/mol. The van der Waals surface area contributed by atoms with Gasteiger partial charge in [0.05, 0.1) is 6.04 Å². The second-order valence-electron chi connectivity index (χ2n) is 6.14. The summed E-state index contributed by atoms with van der Waals surface area (Å²) in [4.78, 5) is 49.4. The van der Waals surface area contributed by atoms with E-state index in [-0.39, 0.29) is 19.1 Å². The van der Waals surface area contributed by atoms with Crippen molar-refractivity contribution in [1.29, 1.82) is 0 Å². The van der Waals surface area contributed by atoms with Gasteiger partial charge in [-0.3, -0.25) is 30.5 Å². The highest BCUT2D eigenvalue weighted by atomic mass is 16.5. The van der Waals surface area contributed by atoms with Crippen LogP contribution in [0.15, 0.2) is 0 Å². The second-order valence-corrected chi connectivity index (χ2v) is 6.14. The Kier molecular flexibility index (Phi) is 4.18. The van der Waals surface area contributed by atoms with Crippen molar-refractivity contribution in [3.8, 4) is 0 Å². The third-order valence-corrected chi connectivity index (χ3v) is 4.76. The Morgan fingerprint density at radius 3 is 2.38 bits per heavy atom. The Balaban J connectivity index is 1.55. The first kappa shape index (κ1) is 16.3. The van der Waals surface area contributed by atoms with E-state index in [9.17, 15) is 24.4 Å². The highest BCUT2D eigenvalue weighted by Gasteiger charge is 2.47. The van der Waals surface area contributed by atoms with E-state index in [1.54, 1.807) is 0 Å². The summed E-state index contributed by atoms with van der Waals surface area (Å²) >= 11 is 0. The minimum absolute atomic E-state index is 0.261. The van der Waals surface area contributed by atoms with E-state index in [0.29, 0.717) is 30.7 Å². The average molecular weight is 341 g/mol. The lowest BCUT2D eigenvalue weighted by atomic mass is 10.0. The Morgan fingerprint density at radius 2 is 1.71 bits per heavy atom. The molecule has 0 unspecified atom stereocenters. The van der Waals surface area contributed by atoms with Gasteiger partial charge in [-0.15, -0.1) is 0 Å². The first-order chi connectivity index (χ1) is 11.4. The van der Waals surface area contributed by atoms with Crippen LogP contribution in [0.4, 0.5) is 9.59 Å². The summed E-state index contributed by atoms with van der Waals surface area (Å²) in [6, 6.07) is -2.54. The normalized spacial score (nSPS) is 29.0. The molecule has 3 saturated heterocycles. The van der Waals surface area contributed by atoms with Crippen molar-refractivity contribution in [3.05, 3.63) is 0 Å². The lowest BCUT2D eigenvalue weighted by Gasteiger charge is -2.29. The zero-order chi connectivity index (χ0) is 17.4. The number of hydrogen-bond donors (Lipinski definition) is 4. The van der Waals surface area contributed by atoms with Crippen LogP contribution in [0.5, 0.6) is 0 Å². The number of urea groups is 1. The van der Waals surface area contributed by atoms with Gasteiger partial charge in [-0.05, 0) is 25.7 Å². The Labute approximate surface area is 137 Å². The molecule has 132 valence electrons. The quantitative estimate of drug-likeness (QED) is 0.372. The molecule has 3 aliphatic rings. The third-order valence-electron chi connectivity index (χ3n) is 4.76. The van der Waals surface area contributed by atoms with Crippen molar-refractivity contribution in [2.24, 2.45) is 0 Å². The van der Waals surface area contributed by atoms with Crippen molar-refractivity contribution in [1.82, 2.24) is 25.7 Å². The molecule has 0 aromatic rings. The van der Waals surface area contributed by atoms with Crippen LogP contribution >= 0.6 is 0 Å². The van der Waals surface area contributed by atoms with Crippen LogP contribution in [-0.2, 0) is 9.59 Å². The van der Waals surface area contributed by atoms with Gasteiger partial charge < -0.3 is 10.0 Å². The number of likely N-dealkylation sites (tertiary alicyclic amines) is 1. The number of fused-ring (bicyclic) bond motifs is 2. The summed E-state index contributed by atoms with van der Waals surface area (Å²) in [5.41, 5.74) is 4.49. The number of hydrogen-bond acceptors (Lipinski definition) is 5. The summed E-state index contributed by atoms with van der Waals surface area (Å²) < 4.78 is 0. The van der Waals surface area contributed by atoms with Crippen LogP contribution in [0.2, 0.25) is 0 Å². The number of carboxylic acid groups (broad SMARTS) is 1. The highest BCUT2D eigenvalue weighted by molar-refractivity contribution is 5.91. The molecule has 0 spiro atoms. The molecule has 2 bridgehead atoms. The fourth-order valence-corrected chi connectivity index (χ4v) is 3.48. The van der Waals surface area contributed by atoms with E-state index in [2.05, 4.69) is 10.9 Å². The van der Waals surface area contributed by atoms with Crippen LogP contribution in [0.25, 0.3) is 0 Å². The summed E-state index contributed by atoms with van der Waals surface area (Å²) in [6.07, 6.45) is 0.656. The number of hydroxylamine groups is 2. The molecule has 0 saturated carbocycles. The van der Waals surface area contributed by atoms with Crippen LogP contribution in [0.1, 0.15) is 25.7 Å². The maximum Gasteiger partial charge on any atom is 0.407 e. The Bertz CT molecular complexity index is 583. The lowest BCUT2D eigenvalue weighted by molar-refractivity contribution is -0.133. The van der Waals surface area contributed by atoms with Crippen molar-refractivity contribution in [3.63, 3.8) is 0 Å². The number of piperidine rings is 1. The fraction of sp³-hybridized carbons (Fsp3) is 0.692. The standard InChI is InChI=1S/C13H19N5O6/c19-10(8-2-1-5-16(8)13(22)23)14-15-11(20)9-4-3-7-6-17(9)12(21)18(7)24/h7-9,24H,1-6H2,(H,14,19)(H,15,20)(H,22,23)/t7-,8+,9+/m1/s1. The van der Waals surface area contributed by atoms with E-state index in [0.717, 1.165) is 4.90 Å². The number of nitrogens with zero attached hydrogens (tertiary/aromatic N) is 3. The van der Waals surface area contributed by atoms with E-state index < -0.39 is 36.0 Å². The predicted molar refractivity (Wildman–Crippen MR) is 76.6 cm³/mol. The van der Waals surface area contributed by atoms with Gasteiger partial charge in [0.15, 0.2) is 0 Å². The summed E-state index contributed by atoms with van der Waals surface area (Å²) in [6.45, 7) is 0.538. The average Bonchev–Trinajstić information content (AvgIpc) is 3.14. The third kappa shape index (κ3) is 2.70. The Hall–Kier alpha value is -2.56. The van der Waals surface area contributed by atoms with E-state index in [1.807, 2.05) is 0 Å². The predicted octanol–water partition coefficient (Wildman–Crippen LogP) is -1.07. The van der Waals surface area contributed by atoms with Crippen molar-refractivity contribution in [2.45, 2.75) is 43.8 Å². The topological polar surface area (TPSA) is 143 Å². The molecule has 0 aromatic carbocycles. The molecule has 0 aromatic heterocycles.